The molecule has 138 valence electrons. The first-order valence-corrected chi connectivity index (χ1v) is 9.55. The van der Waals surface area contributed by atoms with Gasteiger partial charge in [-0.3, -0.25) is 0 Å². The zero-order valence-corrected chi connectivity index (χ0v) is 15.6. The number of ether oxygens (including phenoxy) is 1. The maximum Gasteiger partial charge on any atom is 0.191 e. The van der Waals surface area contributed by atoms with Crippen LogP contribution in [0.5, 0.6) is 0 Å². The molecule has 2 aromatic rings. The van der Waals surface area contributed by atoms with Crippen molar-refractivity contribution in [1.29, 1.82) is 0 Å². The van der Waals surface area contributed by atoms with Crippen LogP contribution in [-0.4, -0.2) is 19.0 Å². The second-order valence-electron chi connectivity index (χ2n) is 6.77. The fourth-order valence-electron chi connectivity index (χ4n) is 2.77. The number of nitrogens with one attached hydrogen (secondary N) is 2. The van der Waals surface area contributed by atoms with Crippen LogP contribution in [-0.2, 0) is 24.5 Å². The van der Waals surface area contributed by atoms with E-state index in [1.54, 1.807) is 0 Å². The van der Waals surface area contributed by atoms with Gasteiger partial charge < -0.3 is 15.4 Å². The van der Waals surface area contributed by atoms with E-state index in [0.717, 1.165) is 25.0 Å². The van der Waals surface area contributed by atoms with Crippen LogP contribution < -0.4 is 10.6 Å². The number of aliphatic imine (C=N–C) groups is 1. The van der Waals surface area contributed by atoms with Crippen molar-refractivity contribution < 1.29 is 4.74 Å². The van der Waals surface area contributed by atoms with Gasteiger partial charge >= 0.3 is 0 Å². The summed E-state index contributed by atoms with van der Waals surface area (Å²) in [7, 11) is 0. The molecule has 1 aliphatic carbocycles. The molecule has 0 unspecified atom stereocenters. The predicted octanol–water partition coefficient (Wildman–Crippen LogP) is 3.87. The Bertz CT molecular complexity index is 696. The fraction of sp³-hybridized carbons (Fsp3) is 0.409. The summed E-state index contributed by atoms with van der Waals surface area (Å²) >= 11 is 0. The van der Waals surface area contributed by atoms with E-state index in [2.05, 4.69) is 54.0 Å². The molecule has 0 spiro atoms. The lowest BCUT2D eigenvalue weighted by molar-refractivity contribution is 0.106. The maximum atomic E-state index is 5.91. The molecule has 3 rings (SSSR count). The standard InChI is InChI=1S/C22H29N3O/c1-2-23-22(24-14-18-12-13-18)25-15-20-10-6-7-11-21(20)17-26-16-19-8-4-3-5-9-19/h3-11,18H,2,12-17H2,1H3,(H2,23,24,25). The molecule has 0 saturated heterocycles. The smallest absolute Gasteiger partial charge is 0.191 e. The topological polar surface area (TPSA) is 45.7 Å². The molecule has 0 aliphatic heterocycles. The highest BCUT2D eigenvalue weighted by Gasteiger charge is 2.21. The van der Waals surface area contributed by atoms with Crippen LogP contribution in [0.25, 0.3) is 0 Å². The molecule has 0 amide bonds. The van der Waals surface area contributed by atoms with Crippen molar-refractivity contribution in [2.45, 2.75) is 39.5 Å². The number of benzene rings is 2. The van der Waals surface area contributed by atoms with Gasteiger partial charge in [-0.25, -0.2) is 4.99 Å². The molecule has 0 aromatic heterocycles. The van der Waals surface area contributed by atoms with Crippen molar-refractivity contribution in [3.8, 4) is 0 Å². The first kappa shape index (κ1) is 18.5. The van der Waals surface area contributed by atoms with Crippen LogP contribution >= 0.6 is 0 Å². The van der Waals surface area contributed by atoms with Crippen LogP contribution in [0.2, 0.25) is 0 Å². The summed E-state index contributed by atoms with van der Waals surface area (Å²) in [6.45, 7) is 5.88. The second kappa shape index (κ2) is 9.97. The van der Waals surface area contributed by atoms with Gasteiger partial charge in [0.2, 0.25) is 0 Å². The van der Waals surface area contributed by atoms with Crippen molar-refractivity contribution in [2.75, 3.05) is 13.1 Å². The van der Waals surface area contributed by atoms with Crippen molar-refractivity contribution >= 4 is 5.96 Å². The summed E-state index contributed by atoms with van der Waals surface area (Å²) in [6.07, 6.45) is 2.68. The molecule has 2 N–H and O–H groups in total. The molecule has 4 nitrogen and oxygen atoms in total. The number of hydrogen-bond donors (Lipinski definition) is 2. The Labute approximate surface area is 156 Å². The Hall–Kier alpha value is -2.33. The fourth-order valence-corrected chi connectivity index (χ4v) is 2.77. The molecule has 1 aliphatic rings. The Kier molecular flexibility index (Phi) is 7.08. The van der Waals surface area contributed by atoms with Crippen LogP contribution in [0.1, 0.15) is 36.5 Å². The van der Waals surface area contributed by atoms with Crippen molar-refractivity contribution in [3.05, 3.63) is 71.3 Å². The monoisotopic (exact) mass is 351 g/mol. The normalized spacial score (nSPS) is 14.3. The van der Waals surface area contributed by atoms with Crippen LogP contribution in [0.15, 0.2) is 59.6 Å². The van der Waals surface area contributed by atoms with E-state index in [0.29, 0.717) is 19.8 Å². The number of guanidine groups is 1. The van der Waals surface area contributed by atoms with Gasteiger partial charge in [0.15, 0.2) is 5.96 Å². The first-order chi connectivity index (χ1) is 12.8. The lowest BCUT2D eigenvalue weighted by Crippen LogP contribution is -2.38. The summed E-state index contributed by atoms with van der Waals surface area (Å²) in [5, 5.41) is 6.77. The molecule has 1 saturated carbocycles. The quantitative estimate of drug-likeness (QED) is 0.532. The van der Waals surface area contributed by atoms with Gasteiger partial charge in [0.25, 0.3) is 0 Å². The molecule has 4 heteroatoms. The lowest BCUT2D eigenvalue weighted by atomic mass is 10.1. The molecular weight excluding hydrogens is 322 g/mol. The summed E-state index contributed by atoms with van der Waals surface area (Å²) in [5.41, 5.74) is 3.61. The number of nitrogens with zero attached hydrogens (tertiary/aromatic N) is 1. The zero-order chi connectivity index (χ0) is 18.0. The Morgan fingerprint density at radius 1 is 0.962 bits per heavy atom. The summed E-state index contributed by atoms with van der Waals surface area (Å²) in [6, 6.07) is 18.7. The van der Waals surface area contributed by atoms with E-state index < -0.39 is 0 Å². The third-order valence-electron chi connectivity index (χ3n) is 4.49. The Balaban J connectivity index is 1.55. The largest absolute Gasteiger partial charge is 0.372 e. The third-order valence-corrected chi connectivity index (χ3v) is 4.49. The average Bonchev–Trinajstić information content (AvgIpc) is 3.50. The summed E-state index contributed by atoms with van der Waals surface area (Å²) < 4.78 is 5.91. The highest BCUT2D eigenvalue weighted by molar-refractivity contribution is 5.79. The van der Waals surface area contributed by atoms with E-state index in [9.17, 15) is 0 Å². The van der Waals surface area contributed by atoms with Gasteiger partial charge in [0, 0.05) is 13.1 Å². The summed E-state index contributed by atoms with van der Waals surface area (Å²) in [5.74, 6) is 1.73. The number of rotatable bonds is 9. The highest BCUT2D eigenvalue weighted by atomic mass is 16.5. The van der Waals surface area contributed by atoms with Crippen LogP contribution in [0.4, 0.5) is 0 Å². The molecule has 0 radical (unpaired) electrons. The van der Waals surface area contributed by atoms with E-state index in [4.69, 9.17) is 9.73 Å². The Morgan fingerprint density at radius 2 is 1.69 bits per heavy atom. The molecule has 26 heavy (non-hydrogen) atoms. The van der Waals surface area contributed by atoms with Crippen molar-refractivity contribution in [2.24, 2.45) is 10.9 Å². The maximum absolute atomic E-state index is 5.91. The van der Waals surface area contributed by atoms with Gasteiger partial charge in [-0.1, -0.05) is 54.6 Å². The van der Waals surface area contributed by atoms with E-state index >= 15 is 0 Å². The van der Waals surface area contributed by atoms with E-state index in [-0.39, 0.29) is 0 Å². The predicted molar refractivity (Wildman–Crippen MR) is 107 cm³/mol. The molecule has 0 bridgehead atoms. The van der Waals surface area contributed by atoms with Crippen molar-refractivity contribution in [1.82, 2.24) is 10.6 Å². The van der Waals surface area contributed by atoms with Gasteiger partial charge in [0.1, 0.15) is 0 Å². The minimum absolute atomic E-state index is 0.604. The third kappa shape index (κ3) is 6.19. The minimum atomic E-state index is 0.604. The van der Waals surface area contributed by atoms with Crippen LogP contribution in [0, 0.1) is 5.92 Å². The number of hydrogen-bond acceptors (Lipinski definition) is 2. The minimum Gasteiger partial charge on any atom is -0.372 e. The van der Waals surface area contributed by atoms with E-state index in [1.165, 1.54) is 29.5 Å². The highest BCUT2D eigenvalue weighted by Crippen LogP contribution is 2.27. The van der Waals surface area contributed by atoms with E-state index in [1.807, 2.05) is 18.2 Å². The average molecular weight is 351 g/mol. The molecule has 2 aromatic carbocycles. The molecule has 1 fully saturated rings. The first-order valence-electron chi connectivity index (χ1n) is 9.55. The Morgan fingerprint density at radius 3 is 2.42 bits per heavy atom. The zero-order valence-electron chi connectivity index (χ0n) is 15.6. The SMILES string of the molecule is CCNC(=NCc1ccccc1COCc1ccccc1)NCC1CC1. The second-order valence-corrected chi connectivity index (χ2v) is 6.77. The lowest BCUT2D eigenvalue weighted by Gasteiger charge is -2.12. The van der Waals surface area contributed by atoms with Gasteiger partial charge in [-0.05, 0) is 42.4 Å². The van der Waals surface area contributed by atoms with Gasteiger partial charge in [0.05, 0.1) is 19.8 Å². The summed E-state index contributed by atoms with van der Waals surface area (Å²) in [4.78, 5) is 4.75. The molecule has 0 heterocycles. The molecular formula is C22H29N3O. The molecule has 0 atom stereocenters. The van der Waals surface area contributed by atoms with Gasteiger partial charge in [-0.15, -0.1) is 0 Å². The van der Waals surface area contributed by atoms with Crippen LogP contribution in [0.3, 0.4) is 0 Å². The van der Waals surface area contributed by atoms with Crippen molar-refractivity contribution in [3.63, 3.8) is 0 Å². The van der Waals surface area contributed by atoms with Gasteiger partial charge in [-0.2, -0.15) is 0 Å².